The molecule has 0 spiro atoms. The van der Waals surface area contributed by atoms with Crippen molar-refractivity contribution < 1.29 is 14.3 Å². The molecule has 3 rings (SSSR count). The largest absolute Gasteiger partial charge is 0.462 e. The average molecular weight is 495 g/mol. The van der Waals surface area contributed by atoms with E-state index in [0.717, 1.165) is 27.4 Å². The molecule has 0 atom stereocenters. The quantitative estimate of drug-likeness (QED) is 0.290. The molecule has 0 aliphatic rings. The van der Waals surface area contributed by atoms with Crippen LogP contribution in [0.3, 0.4) is 0 Å². The molecule has 2 aromatic carbocycles. The lowest BCUT2D eigenvalue weighted by atomic mass is 10.2. The Morgan fingerprint density at radius 2 is 1.94 bits per heavy atom. The molecule has 0 aliphatic carbocycles. The van der Waals surface area contributed by atoms with Gasteiger partial charge in [0.1, 0.15) is 0 Å². The van der Waals surface area contributed by atoms with Crippen molar-refractivity contribution in [2.24, 2.45) is 4.99 Å². The number of esters is 1. The molecule has 0 N–H and O–H groups in total. The first-order valence-corrected chi connectivity index (χ1v) is 13.3. The molecular formula is C22H23ClN2O3S3. The molecule has 31 heavy (non-hydrogen) atoms. The van der Waals surface area contributed by atoms with Gasteiger partial charge in [0.2, 0.25) is 5.91 Å². The molecule has 9 heteroatoms. The van der Waals surface area contributed by atoms with E-state index in [1.54, 1.807) is 36.5 Å². The first-order chi connectivity index (χ1) is 15.0. The minimum absolute atomic E-state index is 0.156. The summed E-state index contributed by atoms with van der Waals surface area (Å²) in [6.07, 6.45) is 2.39. The summed E-state index contributed by atoms with van der Waals surface area (Å²) in [7, 11) is 0. The van der Waals surface area contributed by atoms with Gasteiger partial charge in [-0.15, -0.1) is 11.8 Å². The number of aryl methyl sites for hydroxylation is 1. The van der Waals surface area contributed by atoms with Gasteiger partial charge in [-0.1, -0.05) is 22.9 Å². The van der Waals surface area contributed by atoms with Crippen LogP contribution in [0.5, 0.6) is 0 Å². The van der Waals surface area contributed by atoms with Crippen LogP contribution in [0.1, 0.15) is 23.7 Å². The number of benzene rings is 2. The van der Waals surface area contributed by atoms with Crippen molar-refractivity contribution in [1.82, 2.24) is 4.57 Å². The molecular weight excluding hydrogens is 472 g/mol. The molecule has 0 aliphatic heterocycles. The number of hydrogen-bond acceptors (Lipinski definition) is 6. The first kappa shape index (κ1) is 23.9. The van der Waals surface area contributed by atoms with Gasteiger partial charge >= 0.3 is 5.97 Å². The Balaban J connectivity index is 1.80. The predicted molar refractivity (Wildman–Crippen MR) is 132 cm³/mol. The van der Waals surface area contributed by atoms with E-state index in [1.165, 1.54) is 11.3 Å². The smallest absolute Gasteiger partial charge is 0.338 e. The van der Waals surface area contributed by atoms with Crippen molar-refractivity contribution in [2.75, 3.05) is 24.4 Å². The fourth-order valence-electron chi connectivity index (χ4n) is 2.85. The molecule has 5 nitrogen and oxygen atoms in total. The maximum atomic E-state index is 12.5. The zero-order chi connectivity index (χ0) is 22.2. The number of carbonyl (C=O) groups is 2. The standard InChI is InChI=1S/C22H23ClN2O3S3/c1-3-28-21(27)15-4-9-18-19(14-15)31-22(25(18)11-13-29-2)24-20(26)10-12-30-17-7-5-16(23)6-8-17/h4-9,14H,3,10-13H2,1-2H3. The van der Waals surface area contributed by atoms with Gasteiger partial charge in [0.05, 0.1) is 22.4 Å². The van der Waals surface area contributed by atoms with E-state index < -0.39 is 0 Å². The van der Waals surface area contributed by atoms with E-state index in [2.05, 4.69) is 9.56 Å². The van der Waals surface area contributed by atoms with Crippen LogP contribution < -0.4 is 4.80 Å². The molecule has 0 bridgehead atoms. The predicted octanol–water partition coefficient (Wildman–Crippen LogP) is 5.51. The van der Waals surface area contributed by atoms with Crippen LogP contribution in [-0.2, 0) is 16.1 Å². The van der Waals surface area contributed by atoms with Crippen molar-refractivity contribution >= 4 is 68.6 Å². The molecule has 3 aromatic rings. The molecule has 0 saturated heterocycles. The maximum Gasteiger partial charge on any atom is 0.338 e. The number of carbonyl (C=O) groups excluding carboxylic acids is 2. The Hall–Kier alpha value is -1.74. The molecule has 0 radical (unpaired) electrons. The van der Waals surface area contributed by atoms with Crippen molar-refractivity contribution in [1.29, 1.82) is 0 Å². The van der Waals surface area contributed by atoms with Gasteiger partial charge in [-0.05, 0) is 55.6 Å². The minimum Gasteiger partial charge on any atom is -0.462 e. The van der Waals surface area contributed by atoms with E-state index in [-0.39, 0.29) is 11.9 Å². The van der Waals surface area contributed by atoms with Crippen molar-refractivity contribution in [3.05, 3.63) is 57.9 Å². The number of fused-ring (bicyclic) bond motifs is 1. The number of hydrogen-bond donors (Lipinski definition) is 0. The number of thiazole rings is 1. The second-order valence-corrected chi connectivity index (χ2v) is 10.1. The van der Waals surface area contributed by atoms with Gasteiger partial charge in [-0.2, -0.15) is 16.8 Å². The fraction of sp³-hybridized carbons (Fsp3) is 0.318. The highest BCUT2D eigenvalue weighted by molar-refractivity contribution is 7.99. The van der Waals surface area contributed by atoms with Crippen LogP contribution >= 0.6 is 46.5 Å². The highest BCUT2D eigenvalue weighted by Gasteiger charge is 2.12. The van der Waals surface area contributed by atoms with E-state index in [1.807, 2.05) is 42.7 Å². The van der Waals surface area contributed by atoms with Crippen LogP contribution in [0.15, 0.2) is 52.4 Å². The molecule has 0 fully saturated rings. The molecule has 1 heterocycles. The van der Waals surface area contributed by atoms with Crippen LogP contribution in [-0.4, -0.2) is 40.8 Å². The summed E-state index contributed by atoms with van der Waals surface area (Å²) in [5, 5.41) is 0.695. The summed E-state index contributed by atoms with van der Waals surface area (Å²) in [5.74, 6) is 1.05. The van der Waals surface area contributed by atoms with Crippen molar-refractivity contribution in [3.63, 3.8) is 0 Å². The third-order valence-electron chi connectivity index (χ3n) is 4.33. The van der Waals surface area contributed by atoms with E-state index >= 15 is 0 Å². The number of amides is 1. The van der Waals surface area contributed by atoms with E-state index in [9.17, 15) is 9.59 Å². The van der Waals surface area contributed by atoms with Gasteiger partial charge < -0.3 is 9.30 Å². The number of halogens is 1. The summed E-state index contributed by atoms with van der Waals surface area (Å²) < 4.78 is 8.06. The lowest BCUT2D eigenvalue weighted by Gasteiger charge is -2.05. The first-order valence-electron chi connectivity index (χ1n) is 9.77. The normalized spacial score (nSPS) is 11.8. The van der Waals surface area contributed by atoms with Gasteiger partial charge in [0, 0.05) is 34.4 Å². The molecule has 1 amide bonds. The van der Waals surface area contributed by atoms with Gasteiger partial charge in [-0.25, -0.2) is 4.79 Å². The summed E-state index contributed by atoms with van der Waals surface area (Å²) >= 11 is 10.7. The second kappa shape index (κ2) is 11.8. The van der Waals surface area contributed by atoms with Crippen LogP contribution in [0.25, 0.3) is 10.2 Å². The Bertz CT molecular complexity index is 1120. The monoisotopic (exact) mass is 494 g/mol. The Kier molecular flexibility index (Phi) is 9.07. The van der Waals surface area contributed by atoms with Gasteiger partial charge in [-0.3, -0.25) is 4.79 Å². The maximum absolute atomic E-state index is 12.5. The zero-order valence-electron chi connectivity index (χ0n) is 17.3. The van der Waals surface area contributed by atoms with E-state index in [4.69, 9.17) is 16.3 Å². The minimum atomic E-state index is -0.345. The third kappa shape index (κ3) is 6.62. The van der Waals surface area contributed by atoms with Crippen LogP contribution in [0.4, 0.5) is 0 Å². The second-order valence-electron chi connectivity index (χ2n) is 6.49. The molecule has 0 saturated carbocycles. The number of nitrogens with zero attached hydrogens (tertiary/aromatic N) is 2. The summed E-state index contributed by atoms with van der Waals surface area (Å²) in [6, 6.07) is 13.0. The summed E-state index contributed by atoms with van der Waals surface area (Å²) in [6.45, 7) is 2.86. The molecule has 0 unspecified atom stereocenters. The fourth-order valence-corrected chi connectivity index (χ4v) is 5.29. The average Bonchev–Trinajstić information content (AvgIpc) is 3.09. The number of aromatic nitrogens is 1. The summed E-state index contributed by atoms with van der Waals surface area (Å²) in [5.41, 5.74) is 1.47. The van der Waals surface area contributed by atoms with Gasteiger partial charge in [0.25, 0.3) is 0 Å². The topological polar surface area (TPSA) is 60.7 Å². The number of thioether (sulfide) groups is 2. The SMILES string of the molecule is CCOC(=O)c1ccc2c(c1)sc(=NC(=O)CCSc1ccc(Cl)cc1)n2CCSC. The highest BCUT2D eigenvalue weighted by Crippen LogP contribution is 2.22. The van der Waals surface area contributed by atoms with Crippen LogP contribution in [0, 0.1) is 0 Å². The Labute approximate surface area is 198 Å². The number of ether oxygens (including phenoxy) is 1. The third-order valence-corrected chi connectivity index (χ3v) is 7.23. The van der Waals surface area contributed by atoms with Crippen molar-refractivity contribution in [3.8, 4) is 0 Å². The van der Waals surface area contributed by atoms with E-state index in [0.29, 0.717) is 34.2 Å². The summed E-state index contributed by atoms with van der Waals surface area (Å²) in [4.78, 5) is 30.7. The van der Waals surface area contributed by atoms with Gasteiger partial charge in [0.15, 0.2) is 4.80 Å². The lowest BCUT2D eigenvalue weighted by Crippen LogP contribution is -2.18. The number of rotatable bonds is 9. The Morgan fingerprint density at radius 3 is 2.65 bits per heavy atom. The zero-order valence-corrected chi connectivity index (χ0v) is 20.5. The Morgan fingerprint density at radius 1 is 1.16 bits per heavy atom. The van der Waals surface area contributed by atoms with Crippen molar-refractivity contribution in [2.45, 2.75) is 24.8 Å². The highest BCUT2D eigenvalue weighted by atomic mass is 35.5. The van der Waals surface area contributed by atoms with Crippen LogP contribution in [0.2, 0.25) is 5.02 Å². The lowest BCUT2D eigenvalue weighted by molar-refractivity contribution is -0.117. The molecule has 164 valence electrons. The molecule has 1 aromatic heterocycles.